The van der Waals surface area contributed by atoms with E-state index >= 15 is 0 Å². The molecule has 0 aliphatic heterocycles. The zero-order valence-corrected chi connectivity index (χ0v) is 10.6. The van der Waals surface area contributed by atoms with Crippen molar-refractivity contribution in [3.05, 3.63) is 21.8 Å². The van der Waals surface area contributed by atoms with E-state index in [-0.39, 0.29) is 6.04 Å². The molecule has 0 spiro atoms. The van der Waals surface area contributed by atoms with Gasteiger partial charge < -0.3 is 11.1 Å². The van der Waals surface area contributed by atoms with Gasteiger partial charge in [0.05, 0.1) is 5.02 Å². The van der Waals surface area contributed by atoms with Gasteiger partial charge in [-0.2, -0.15) is 0 Å². The molecule has 82 valence electrons. The molecule has 1 heterocycles. The summed E-state index contributed by atoms with van der Waals surface area (Å²) >= 11 is 9.32. The number of aromatic nitrogens is 1. The van der Waals surface area contributed by atoms with Crippen LogP contribution in [0.5, 0.6) is 0 Å². The fraction of sp³-hybridized carbons (Fsp3) is 0.500. The van der Waals surface area contributed by atoms with Crippen LogP contribution in [0.25, 0.3) is 0 Å². The van der Waals surface area contributed by atoms with E-state index in [9.17, 15) is 0 Å². The van der Waals surface area contributed by atoms with Crippen LogP contribution in [-0.4, -0.2) is 17.6 Å². The van der Waals surface area contributed by atoms with Gasteiger partial charge in [0.1, 0.15) is 5.82 Å². The summed E-state index contributed by atoms with van der Waals surface area (Å²) in [5.41, 5.74) is 5.96. The van der Waals surface area contributed by atoms with Crippen LogP contribution in [0.15, 0.2) is 16.7 Å². The van der Waals surface area contributed by atoms with E-state index < -0.39 is 0 Å². The molecule has 1 aliphatic carbocycles. The second kappa shape index (κ2) is 4.68. The van der Waals surface area contributed by atoms with E-state index in [1.54, 1.807) is 6.20 Å². The Morgan fingerprint density at radius 3 is 3.00 bits per heavy atom. The van der Waals surface area contributed by atoms with Crippen LogP contribution in [0.3, 0.4) is 0 Å². The Balaban J connectivity index is 1.92. The third-order valence-corrected chi connectivity index (χ3v) is 3.26. The Morgan fingerprint density at radius 2 is 2.40 bits per heavy atom. The molecular weight excluding hydrogens is 277 g/mol. The second-order valence-electron chi connectivity index (χ2n) is 3.87. The van der Waals surface area contributed by atoms with Crippen LogP contribution in [0.1, 0.15) is 12.8 Å². The average molecular weight is 291 g/mol. The smallest absolute Gasteiger partial charge is 0.144 e. The largest absolute Gasteiger partial charge is 0.367 e. The van der Waals surface area contributed by atoms with E-state index in [2.05, 4.69) is 26.2 Å². The maximum Gasteiger partial charge on any atom is 0.144 e. The molecule has 0 radical (unpaired) electrons. The summed E-state index contributed by atoms with van der Waals surface area (Å²) in [6.45, 7) is 0.735. The Labute approximate surface area is 103 Å². The number of nitrogens with one attached hydrogen (secondary N) is 1. The predicted molar refractivity (Wildman–Crippen MR) is 66.1 cm³/mol. The van der Waals surface area contributed by atoms with Crippen LogP contribution >= 0.6 is 27.5 Å². The Bertz CT molecular complexity index is 355. The fourth-order valence-corrected chi connectivity index (χ4v) is 2.15. The van der Waals surface area contributed by atoms with Crippen molar-refractivity contribution in [2.45, 2.75) is 18.9 Å². The molecule has 15 heavy (non-hydrogen) atoms. The van der Waals surface area contributed by atoms with Gasteiger partial charge in [-0.1, -0.05) is 11.6 Å². The number of anilines is 1. The van der Waals surface area contributed by atoms with E-state index in [0.717, 1.165) is 11.0 Å². The lowest BCUT2D eigenvalue weighted by Gasteiger charge is -2.12. The number of nitrogens with two attached hydrogens (primary N) is 1. The average Bonchev–Trinajstić information content (AvgIpc) is 2.99. The minimum absolute atomic E-state index is 0.214. The van der Waals surface area contributed by atoms with Gasteiger partial charge >= 0.3 is 0 Å². The quantitative estimate of drug-likeness (QED) is 0.896. The highest BCUT2D eigenvalue weighted by molar-refractivity contribution is 9.10. The lowest BCUT2D eigenvalue weighted by Crippen LogP contribution is -2.31. The van der Waals surface area contributed by atoms with Gasteiger partial charge in [-0.15, -0.1) is 0 Å². The van der Waals surface area contributed by atoms with Crippen molar-refractivity contribution < 1.29 is 0 Å². The lowest BCUT2D eigenvalue weighted by atomic mass is 10.2. The van der Waals surface area contributed by atoms with E-state index in [1.807, 2.05) is 6.07 Å². The molecule has 3 nitrogen and oxygen atoms in total. The van der Waals surface area contributed by atoms with Gasteiger partial charge in [-0.3, -0.25) is 0 Å². The first-order valence-electron chi connectivity index (χ1n) is 4.97. The van der Waals surface area contributed by atoms with E-state index in [4.69, 9.17) is 17.3 Å². The highest BCUT2D eigenvalue weighted by Gasteiger charge is 2.28. The zero-order chi connectivity index (χ0) is 10.8. The molecule has 1 atom stereocenters. The highest BCUT2D eigenvalue weighted by atomic mass is 79.9. The molecule has 1 aromatic rings. The van der Waals surface area contributed by atoms with Crippen LogP contribution in [0, 0.1) is 5.92 Å². The molecular formula is C10H13BrClN3. The Kier molecular flexibility index (Phi) is 3.49. The number of rotatable bonds is 4. The molecule has 1 aliphatic rings. The lowest BCUT2D eigenvalue weighted by molar-refractivity contribution is 0.620. The van der Waals surface area contributed by atoms with Crippen LogP contribution in [-0.2, 0) is 0 Å². The van der Waals surface area contributed by atoms with Gasteiger partial charge in [0.25, 0.3) is 0 Å². The molecule has 0 saturated heterocycles. The molecule has 0 bridgehead atoms. The first kappa shape index (κ1) is 11.2. The summed E-state index contributed by atoms with van der Waals surface area (Å²) < 4.78 is 0.879. The van der Waals surface area contributed by atoms with Gasteiger partial charge in [0, 0.05) is 23.3 Å². The van der Waals surface area contributed by atoms with Gasteiger partial charge in [0.2, 0.25) is 0 Å². The molecule has 1 fully saturated rings. The molecule has 2 rings (SSSR count). The second-order valence-corrected chi connectivity index (χ2v) is 5.19. The minimum atomic E-state index is 0.214. The van der Waals surface area contributed by atoms with Crippen molar-refractivity contribution in [2.75, 3.05) is 11.9 Å². The van der Waals surface area contributed by atoms with Crippen molar-refractivity contribution in [1.82, 2.24) is 4.98 Å². The number of pyridine rings is 1. The number of hydrogen-bond donors (Lipinski definition) is 2. The fourth-order valence-electron chi connectivity index (χ4n) is 1.45. The normalized spacial score (nSPS) is 17.5. The third-order valence-electron chi connectivity index (χ3n) is 2.54. The van der Waals surface area contributed by atoms with E-state index in [1.165, 1.54) is 12.8 Å². The minimum Gasteiger partial charge on any atom is -0.367 e. The summed E-state index contributed by atoms with van der Waals surface area (Å²) in [4.78, 5) is 4.18. The summed E-state index contributed by atoms with van der Waals surface area (Å²) in [7, 11) is 0. The first-order chi connectivity index (χ1) is 7.16. The Morgan fingerprint density at radius 1 is 1.67 bits per heavy atom. The number of halogens is 2. The monoisotopic (exact) mass is 289 g/mol. The molecule has 1 saturated carbocycles. The molecule has 0 aromatic carbocycles. The summed E-state index contributed by atoms with van der Waals surface area (Å²) in [6.07, 6.45) is 4.23. The SMILES string of the molecule is N[C@@H](CNc1ncc(Br)cc1Cl)C1CC1. The standard InChI is InChI=1S/C10H13BrClN3/c11-7-3-8(12)10(14-4-7)15-5-9(13)6-1-2-6/h3-4,6,9H,1-2,5,13H2,(H,14,15)/t9-/m0/s1. The molecule has 3 N–H and O–H groups in total. The molecule has 1 aromatic heterocycles. The van der Waals surface area contributed by atoms with Crippen molar-refractivity contribution in [2.24, 2.45) is 11.7 Å². The number of nitrogens with zero attached hydrogens (tertiary/aromatic N) is 1. The van der Waals surface area contributed by atoms with Gasteiger partial charge in [-0.25, -0.2) is 4.98 Å². The van der Waals surface area contributed by atoms with Crippen molar-refractivity contribution in [3.8, 4) is 0 Å². The van der Waals surface area contributed by atoms with Crippen LogP contribution in [0.2, 0.25) is 5.02 Å². The van der Waals surface area contributed by atoms with Crippen molar-refractivity contribution >= 4 is 33.3 Å². The van der Waals surface area contributed by atoms with Crippen LogP contribution in [0.4, 0.5) is 5.82 Å². The van der Waals surface area contributed by atoms with Crippen LogP contribution < -0.4 is 11.1 Å². The Hall–Kier alpha value is -0.320. The zero-order valence-electron chi connectivity index (χ0n) is 8.21. The number of hydrogen-bond acceptors (Lipinski definition) is 3. The predicted octanol–water partition coefficient (Wildman–Crippen LogP) is 2.65. The topological polar surface area (TPSA) is 50.9 Å². The summed E-state index contributed by atoms with van der Waals surface area (Å²) in [5, 5.41) is 3.79. The summed E-state index contributed by atoms with van der Waals surface area (Å²) in [6, 6.07) is 2.03. The summed E-state index contributed by atoms with van der Waals surface area (Å²) in [5.74, 6) is 1.39. The maximum atomic E-state index is 6.01. The van der Waals surface area contributed by atoms with E-state index in [0.29, 0.717) is 16.8 Å². The van der Waals surface area contributed by atoms with Crippen molar-refractivity contribution in [1.29, 1.82) is 0 Å². The molecule has 5 heteroatoms. The van der Waals surface area contributed by atoms with Gasteiger partial charge in [-0.05, 0) is 40.8 Å². The third kappa shape index (κ3) is 3.06. The first-order valence-corrected chi connectivity index (χ1v) is 6.14. The maximum absolute atomic E-state index is 6.01. The molecule has 0 amide bonds. The molecule has 0 unspecified atom stereocenters. The van der Waals surface area contributed by atoms with Gasteiger partial charge in [0.15, 0.2) is 0 Å². The highest BCUT2D eigenvalue weighted by Crippen LogP contribution is 2.31. The van der Waals surface area contributed by atoms with Crippen molar-refractivity contribution in [3.63, 3.8) is 0 Å².